The maximum Gasteiger partial charge on any atom is 0.0266 e. The van der Waals surface area contributed by atoms with Crippen LogP contribution in [0.5, 0.6) is 0 Å². The molecule has 2 nitrogen and oxygen atoms in total. The number of likely N-dealkylation sites (tertiary alicyclic amines) is 1. The number of hydrogen-bond acceptors (Lipinski definition) is 2. The van der Waals surface area contributed by atoms with Gasteiger partial charge in [0, 0.05) is 12.6 Å². The van der Waals surface area contributed by atoms with E-state index in [1.807, 2.05) is 0 Å². The minimum absolute atomic E-state index is 0.308. The molecule has 2 unspecified atom stereocenters. The van der Waals surface area contributed by atoms with E-state index in [9.17, 15) is 0 Å². The summed E-state index contributed by atoms with van der Waals surface area (Å²) >= 11 is 0. The van der Waals surface area contributed by atoms with Crippen molar-refractivity contribution < 1.29 is 0 Å². The summed E-state index contributed by atoms with van der Waals surface area (Å²) in [5, 5.41) is 0. The van der Waals surface area contributed by atoms with E-state index in [2.05, 4.69) is 32.6 Å². The van der Waals surface area contributed by atoms with Crippen LogP contribution < -0.4 is 5.73 Å². The summed E-state index contributed by atoms with van der Waals surface area (Å²) in [5.74, 6) is 0.897. The molecule has 0 aliphatic carbocycles. The smallest absolute Gasteiger partial charge is 0.0266 e. The fourth-order valence-electron chi connectivity index (χ4n) is 2.65. The summed E-state index contributed by atoms with van der Waals surface area (Å²) in [4.78, 5) is 2.61. The Morgan fingerprint density at radius 1 is 1.27 bits per heavy atom. The van der Waals surface area contributed by atoms with Crippen molar-refractivity contribution in [1.82, 2.24) is 4.90 Å². The molecule has 90 valence electrons. The van der Waals surface area contributed by atoms with Crippen LogP contribution in [0.25, 0.3) is 0 Å². The van der Waals surface area contributed by atoms with Gasteiger partial charge in [-0.1, -0.05) is 27.7 Å². The third-order valence-corrected chi connectivity index (χ3v) is 3.72. The fraction of sp³-hybridized carbons (Fsp3) is 1.00. The van der Waals surface area contributed by atoms with Crippen LogP contribution in [0.15, 0.2) is 0 Å². The predicted octanol–water partition coefficient (Wildman–Crippen LogP) is 2.48. The van der Waals surface area contributed by atoms with E-state index in [4.69, 9.17) is 5.73 Å². The van der Waals surface area contributed by atoms with Gasteiger partial charge in [0.05, 0.1) is 0 Å². The van der Waals surface area contributed by atoms with E-state index >= 15 is 0 Å². The van der Waals surface area contributed by atoms with Gasteiger partial charge in [-0.25, -0.2) is 0 Å². The van der Waals surface area contributed by atoms with Gasteiger partial charge in [0.1, 0.15) is 0 Å². The van der Waals surface area contributed by atoms with Crippen molar-refractivity contribution in [3.63, 3.8) is 0 Å². The first-order valence-electron chi connectivity index (χ1n) is 6.39. The van der Waals surface area contributed by atoms with Gasteiger partial charge in [-0.3, -0.25) is 4.90 Å². The molecule has 1 rings (SSSR count). The number of hydrogen-bond donors (Lipinski definition) is 1. The van der Waals surface area contributed by atoms with Crippen molar-refractivity contribution in [1.29, 1.82) is 0 Å². The Kier molecular flexibility index (Phi) is 4.60. The fourth-order valence-corrected chi connectivity index (χ4v) is 2.65. The Morgan fingerprint density at radius 2 is 1.93 bits per heavy atom. The zero-order valence-electron chi connectivity index (χ0n) is 10.9. The molecule has 0 aromatic rings. The molecule has 2 atom stereocenters. The van der Waals surface area contributed by atoms with E-state index in [0.717, 1.165) is 12.5 Å². The van der Waals surface area contributed by atoms with Gasteiger partial charge in [0.15, 0.2) is 0 Å². The van der Waals surface area contributed by atoms with Gasteiger partial charge >= 0.3 is 0 Å². The first-order chi connectivity index (χ1) is 6.95. The van der Waals surface area contributed by atoms with Crippen LogP contribution in [-0.2, 0) is 0 Å². The molecule has 2 N–H and O–H groups in total. The standard InChI is InChI=1S/C13H28N2/c1-11-6-5-8-15(9-7-11)12(10-14)13(2,3)4/h11-12H,5-10,14H2,1-4H3. The predicted molar refractivity (Wildman–Crippen MR) is 66.9 cm³/mol. The minimum atomic E-state index is 0.308. The molecule has 0 aromatic carbocycles. The average Bonchev–Trinajstić information content (AvgIpc) is 2.30. The molecule has 1 fully saturated rings. The molecule has 0 spiro atoms. The Bertz CT molecular complexity index is 183. The average molecular weight is 212 g/mol. The van der Waals surface area contributed by atoms with Crippen molar-refractivity contribution in [3.05, 3.63) is 0 Å². The van der Waals surface area contributed by atoms with Crippen molar-refractivity contribution in [2.45, 2.75) is 53.0 Å². The monoisotopic (exact) mass is 212 g/mol. The summed E-state index contributed by atoms with van der Waals surface area (Å²) in [6.45, 7) is 12.6. The minimum Gasteiger partial charge on any atom is -0.329 e. The van der Waals surface area contributed by atoms with Crippen LogP contribution >= 0.6 is 0 Å². The van der Waals surface area contributed by atoms with Gasteiger partial charge in [-0.05, 0) is 43.7 Å². The highest BCUT2D eigenvalue weighted by atomic mass is 15.2. The lowest BCUT2D eigenvalue weighted by Crippen LogP contribution is -2.49. The third kappa shape index (κ3) is 3.76. The van der Waals surface area contributed by atoms with Gasteiger partial charge in [-0.15, -0.1) is 0 Å². The van der Waals surface area contributed by atoms with Crippen molar-refractivity contribution >= 4 is 0 Å². The van der Waals surface area contributed by atoms with Gasteiger partial charge < -0.3 is 5.73 Å². The molecule has 1 heterocycles. The van der Waals surface area contributed by atoms with E-state index in [1.54, 1.807) is 0 Å². The molecule has 0 amide bonds. The largest absolute Gasteiger partial charge is 0.329 e. The molecule has 1 aliphatic rings. The lowest BCUT2D eigenvalue weighted by molar-refractivity contribution is 0.107. The van der Waals surface area contributed by atoms with Crippen LogP contribution in [0.3, 0.4) is 0 Å². The second-order valence-electron chi connectivity index (χ2n) is 6.19. The molecule has 15 heavy (non-hydrogen) atoms. The normalized spacial score (nSPS) is 27.4. The summed E-state index contributed by atoms with van der Waals surface area (Å²) in [7, 11) is 0. The van der Waals surface area contributed by atoms with E-state index < -0.39 is 0 Å². The molecule has 0 saturated carbocycles. The molecule has 0 radical (unpaired) electrons. The van der Waals surface area contributed by atoms with E-state index in [-0.39, 0.29) is 0 Å². The van der Waals surface area contributed by atoms with Crippen LogP contribution in [0.4, 0.5) is 0 Å². The van der Waals surface area contributed by atoms with Crippen LogP contribution in [0.2, 0.25) is 0 Å². The van der Waals surface area contributed by atoms with E-state index in [1.165, 1.54) is 32.4 Å². The van der Waals surface area contributed by atoms with Crippen molar-refractivity contribution in [2.24, 2.45) is 17.1 Å². The molecular formula is C13H28N2. The highest BCUT2D eigenvalue weighted by molar-refractivity contribution is 4.85. The Labute approximate surface area is 95.2 Å². The van der Waals surface area contributed by atoms with Gasteiger partial charge in [0.25, 0.3) is 0 Å². The topological polar surface area (TPSA) is 29.3 Å². The third-order valence-electron chi connectivity index (χ3n) is 3.72. The van der Waals surface area contributed by atoms with Crippen LogP contribution in [0, 0.1) is 11.3 Å². The maximum absolute atomic E-state index is 5.93. The lowest BCUT2D eigenvalue weighted by Gasteiger charge is -2.39. The molecule has 1 saturated heterocycles. The SMILES string of the molecule is CC1CCCN(C(CN)C(C)(C)C)CC1. The van der Waals surface area contributed by atoms with Gasteiger partial charge in [0.2, 0.25) is 0 Å². The van der Waals surface area contributed by atoms with Crippen LogP contribution in [-0.4, -0.2) is 30.6 Å². The first-order valence-corrected chi connectivity index (χ1v) is 6.39. The van der Waals surface area contributed by atoms with Crippen molar-refractivity contribution in [3.8, 4) is 0 Å². The molecule has 0 aromatic heterocycles. The maximum atomic E-state index is 5.93. The molecule has 1 aliphatic heterocycles. The Morgan fingerprint density at radius 3 is 2.47 bits per heavy atom. The zero-order chi connectivity index (χ0) is 11.5. The first kappa shape index (κ1) is 13.0. The molecular weight excluding hydrogens is 184 g/mol. The Balaban J connectivity index is 2.60. The molecule has 0 bridgehead atoms. The second kappa shape index (κ2) is 5.31. The van der Waals surface area contributed by atoms with E-state index in [0.29, 0.717) is 11.5 Å². The van der Waals surface area contributed by atoms with Crippen molar-refractivity contribution in [2.75, 3.05) is 19.6 Å². The number of rotatable bonds is 2. The second-order valence-corrected chi connectivity index (χ2v) is 6.19. The number of nitrogens with two attached hydrogens (primary N) is 1. The summed E-state index contributed by atoms with van der Waals surface area (Å²) in [5.41, 5.74) is 6.24. The summed E-state index contributed by atoms with van der Waals surface area (Å²) in [6.07, 6.45) is 4.07. The summed E-state index contributed by atoms with van der Waals surface area (Å²) < 4.78 is 0. The zero-order valence-corrected chi connectivity index (χ0v) is 10.9. The highest BCUT2D eigenvalue weighted by Crippen LogP contribution is 2.27. The molecule has 2 heteroatoms. The summed E-state index contributed by atoms with van der Waals surface area (Å²) in [6, 6.07) is 0.544. The quantitative estimate of drug-likeness (QED) is 0.762. The van der Waals surface area contributed by atoms with Gasteiger partial charge in [-0.2, -0.15) is 0 Å². The Hall–Kier alpha value is -0.0800. The highest BCUT2D eigenvalue weighted by Gasteiger charge is 2.29. The lowest BCUT2D eigenvalue weighted by atomic mass is 9.85. The van der Waals surface area contributed by atoms with Crippen LogP contribution in [0.1, 0.15) is 47.0 Å². The number of nitrogens with zero attached hydrogens (tertiary/aromatic N) is 1.